The molecule has 1 N–H and O–H groups in total. The van der Waals surface area contributed by atoms with Gasteiger partial charge in [-0.2, -0.15) is 0 Å². The van der Waals surface area contributed by atoms with Gasteiger partial charge in [-0.05, 0) is 55.7 Å². The number of hydrogen-bond donors (Lipinski definition) is 1. The van der Waals surface area contributed by atoms with Crippen molar-refractivity contribution in [2.75, 3.05) is 6.61 Å². The van der Waals surface area contributed by atoms with Gasteiger partial charge in [0.2, 0.25) is 0 Å². The minimum Gasteiger partial charge on any atom is -0.411 e. The lowest BCUT2D eigenvalue weighted by atomic mass is 9.85. The van der Waals surface area contributed by atoms with Gasteiger partial charge >= 0.3 is 0 Å². The van der Waals surface area contributed by atoms with Gasteiger partial charge in [0.1, 0.15) is 0 Å². The SMILES string of the molecule is CC(C)(C)[Si](C)(C)OC12CCC(CO)(CC1)C2. The van der Waals surface area contributed by atoms with Crippen LogP contribution in [0.4, 0.5) is 0 Å². The maximum atomic E-state index is 9.57. The van der Waals surface area contributed by atoms with Crippen LogP contribution in [-0.2, 0) is 4.43 Å². The van der Waals surface area contributed by atoms with Crippen molar-refractivity contribution >= 4 is 8.32 Å². The zero-order chi connectivity index (χ0) is 12.9. The summed E-state index contributed by atoms with van der Waals surface area (Å²) in [5.41, 5.74) is 0.327. The molecule has 0 spiro atoms. The molecule has 17 heavy (non-hydrogen) atoms. The fraction of sp³-hybridized carbons (Fsp3) is 1.00. The number of fused-ring (bicyclic) bond motifs is 2. The summed E-state index contributed by atoms with van der Waals surface area (Å²) in [4.78, 5) is 0. The molecule has 2 nitrogen and oxygen atoms in total. The molecule has 0 aromatic carbocycles. The Morgan fingerprint density at radius 1 is 1.12 bits per heavy atom. The molecule has 0 radical (unpaired) electrons. The van der Waals surface area contributed by atoms with Gasteiger partial charge in [0.25, 0.3) is 0 Å². The van der Waals surface area contributed by atoms with E-state index in [-0.39, 0.29) is 16.1 Å². The Kier molecular flexibility index (Phi) is 3.04. The normalized spacial score (nSPS) is 37.8. The van der Waals surface area contributed by atoms with Crippen LogP contribution in [0.5, 0.6) is 0 Å². The van der Waals surface area contributed by atoms with Crippen molar-refractivity contribution in [3.05, 3.63) is 0 Å². The summed E-state index contributed by atoms with van der Waals surface area (Å²) >= 11 is 0. The zero-order valence-electron chi connectivity index (χ0n) is 12.1. The summed E-state index contributed by atoms with van der Waals surface area (Å²) in [6.45, 7) is 12.0. The van der Waals surface area contributed by atoms with Crippen LogP contribution in [0.1, 0.15) is 52.9 Å². The molecular weight excluding hydrogens is 228 g/mol. The summed E-state index contributed by atoms with van der Waals surface area (Å²) in [6, 6.07) is 0. The third kappa shape index (κ3) is 2.22. The van der Waals surface area contributed by atoms with E-state index < -0.39 is 8.32 Å². The zero-order valence-corrected chi connectivity index (χ0v) is 13.1. The van der Waals surface area contributed by atoms with Crippen LogP contribution in [0, 0.1) is 5.41 Å². The Labute approximate surface area is 107 Å². The highest BCUT2D eigenvalue weighted by Crippen LogP contribution is 2.59. The van der Waals surface area contributed by atoms with Crippen LogP contribution in [0.25, 0.3) is 0 Å². The lowest BCUT2D eigenvalue weighted by molar-refractivity contribution is 0.0639. The maximum absolute atomic E-state index is 9.57. The summed E-state index contributed by atoms with van der Waals surface area (Å²) in [5.74, 6) is 0. The number of aliphatic hydroxyl groups is 1. The number of hydrogen-bond acceptors (Lipinski definition) is 2. The van der Waals surface area contributed by atoms with E-state index in [0.29, 0.717) is 6.61 Å². The molecule has 2 aliphatic rings. The van der Waals surface area contributed by atoms with E-state index in [0.717, 1.165) is 19.3 Å². The molecule has 2 rings (SSSR count). The topological polar surface area (TPSA) is 29.5 Å². The van der Waals surface area contributed by atoms with E-state index >= 15 is 0 Å². The Bertz CT molecular complexity index is 296. The summed E-state index contributed by atoms with van der Waals surface area (Å²) in [5, 5.41) is 9.86. The van der Waals surface area contributed by atoms with Gasteiger partial charge in [0.15, 0.2) is 8.32 Å². The van der Waals surface area contributed by atoms with Gasteiger partial charge in [-0.15, -0.1) is 0 Å². The van der Waals surface area contributed by atoms with Crippen LogP contribution >= 0.6 is 0 Å². The molecular formula is C14H28O2Si. The lowest BCUT2D eigenvalue weighted by Gasteiger charge is -2.43. The van der Waals surface area contributed by atoms with E-state index in [9.17, 15) is 5.11 Å². The van der Waals surface area contributed by atoms with Crippen molar-refractivity contribution in [3.63, 3.8) is 0 Å². The van der Waals surface area contributed by atoms with Crippen molar-refractivity contribution < 1.29 is 9.53 Å². The smallest absolute Gasteiger partial charge is 0.192 e. The second-order valence-electron chi connectivity index (χ2n) is 7.88. The van der Waals surface area contributed by atoms with Crippen LogP contribution < -0.4 is 0 Å². The summed E-state index contributed by atoms with van der Waals surface area (Å²) in [7, 11) is -1.66. The minimum atomic E-state index is -1.66. The first-order valence-corrected chi connectivity index (χ1v) is 9.86. The third-order valence-electron chi connectivity index (χ3n) is 5.53. The van der Waals surface area contributed by atoms with Crippen LogP contribution in [0.15, 0.2) is 0 Å². The molecule has 2 bridgehead atoms. The number of aliphatic hydroxyl groups excluding tert-OH is 1. The van der Waals surface area contributed by atoms with Gasteiger partial charge in [-0.3, -0.25) is 0 Å². The number of rotatable bonds is 3. The van der Waals surface area contributed by atoms with E-state index in [2.05, 4.69) is 33.9 Å². The lowest BCUT2D eigenvalue weighted by Crippen LogP contribution is -2.48. The van der Waals surface area contributed by atoms with Crippen molar-refractivity contribution in [2.45, 2.75) is 76.6 Å². The average molecular weight is 256 g/mol. The second kappa shape index (κ2) is 3.81. The minimum absolute atomic E-state index is 0.117. The van der Waals surface area contributed by atoms with Crippen molar-refractivity contribution in [3.8, 4) is 0 Å². The van der Waals surface area contributed by atoms with Crippen molar-refractivity contribution in [1.82, 2.24) is 0 Å². The maximum Gasteiger partial charge on any atom is 0.192 e. The molecule has 2 saturated carbocycles. The average Bonchev–Trinajstić information content (AvgIpc) is 2.71. The predicted molar refractivity (Wildman–Crippen MR) is 73.6 cm³/mol. The highest BCUT2D eigenvalue weighted by Gasteiger charge is 2.57. The van der Waals surface area contributed by atoms with E-state index in [1.54, 1.807) is 0 Å². The molecule has 0 aromatic heterocycles. The Morgan fingerprint density at radius 3 is 2.00 bits per heavy atom. The highest BCUT2D eigenvalue weighted by molar-refractivity contribution is 6.74. The van der Waals surface area contributed by atoms with Gasteiger partial charge in [-0.25, -0.2) is 0 Å². The quantitative estimate of drug-likeness (QED) is 0.780. The third-order valence-corrected chi connectivity index (χ3v) is 10.1. The molecule has 3 heteroatoms. The first-order valence-electron chi connectivity index (χ1n) is 6.95. The fourth-order valence-corrected chi connectivity index (χ4v) is 4.98. The van der Waals surface area contributed by atoms with E-state index in [1.165, 1.54) is 12.8 Å². The fourth-order valence-electron chi connectivity index (χ4n) is 3.32. The van der Waals surface area contributed by atoms with Gasteiger partial charge in [0.05, 0.1) is 5.60 Å². The molecule has 0 saturated heterocycles. The molecule has 0 aliphatic heterocycles. The van der Waals surface area contributed by atoms with Gasteiger partial charge in [-0.1, -0.05) is 20.8 Å². The first-order chi connectivity index (χ1) is 7.64. The first kappa shape index (κ1) is 13.6. The highest BCUT2D eigenvalue weighted by atomic mass is 28.4. The Morgan fingerprint density at radius 2 is 1.65 bits per heavy atom. The molecule has 0 aromatic rings. The molecule has 0 heterocycles. The molecule has 0 unspecified atom stereocenters. The Hall–Kier alpha value is 0.137. The Balaban J connectivity index is 2.11. The second-order valence-corrected chi connectivity index (χ2v) is 12.6. The monoisotopic (exact) mass is 256 g/mol. The van der Waals surface area contributed by atoms with Crippen LogP contribution in [0.2, 0.25) is 18.1 Å². The van der Waals surface area contributed by atoms with Crippen molar-refractivity contribution in [1.29, 1.82) is 0 Å². The molecule has 100 valence electrons. The predicted octanol–water partition coefficient (Wildman–Crippen LogP) is 3.70. The van der Waals surface area contributed by atoms with Gasteiger partial charge < -0.3 is 9.53 Å². The van der Waals surface area contributed by atoms with E-state index in [4.69, 9.17) is 4.43 Å². The van der Waals surface area contributed by atoms with Crippen molar-refractivity contribution in [2.24, 2.45) is 5.41 Å². The van der Waals surface area contributed by atoms with Crippen LogP contribution in [0.3, 0.4) is 0 Å². The molecule has 0 atom stereocenters. The summed E-state index contributed by atoms with van der Waals surface area (Å²) in [6.07, 6.45) is 5.76. The van der Waals surface area contributed by atoms with Gasteiger partial charge in [0, 0.05) is 6.61 Å². The summed E-state index contributed by atoms with van der Waals surface area (Å²) < 4.78 is 6.70. The molecule has 0 amide bonds. The standard InChI is InChI=1S/C14H28O2Si/c1-12(2,3)17(4,5)16-14-8-6-13(10-14,11-15)7-9-14/h15H,6-11H2,1-5H3. The van der Waals surface area contributed by atoms with Crippen LogP contribution in [-0.4, -0.2) is 25.6 Å². The van der Waals surface area contributed by atoms with E-state index in [1.807, 2.05) is 0 Å². The molecule has 2 fully saturated rings. The largest absolute Gasteiger partial charge is 0.411 e. The molecule has 2 aliphatic carbocycles.